The summed E-state index contributed by atoms with van der Waals surface area (Å²) < 4.78 is 5.01. The van der Waals surface area contributed by atoms with Gasteiger partial charge < -0.3 is 4.74 Å². The van der Waals surface area contributed by atoms with Gasteiger partial charge in [-0.25, -0.2) is 4.79 Å². The fraction of sp³-hybridized carbons (Fsp3) is 0.500. The molecule has 5 nitrogen and oxygen atoms in total. The highest BCUT2D eigenvalue weighted by Gasteiger charge is 2.16. The van der Waals surface area contributed by atoms with Gasteiger partial charge in [-0.15, -0.1) is 0 Å². The maximum atomic E-state index is 11.1. The number of anilines is 1. The second-order valence-electron chi connectivity index (χ2n) is 3.59. The van der Waals surface area contributed by atoms with Crippen molar-refractivity contribution in [3.05, 3.63) is 12.3 Å². The van der Waals surface area contributed by atoms with Crippen LogP contribution in [0.4, 0.5) is 10.6 Å². The molecular formula is C8H13N3O2. The number of ether oxygens (including phenoxy) is 1. The summed E-state index contributed by atoms with van der Waals surface area (Å²) in [6, 6.07) is 1.64. The first-order valence-electron chi connectivity index (χ1n) is 3.97. The smallest absolute Gasteiger partial charge is 0.413 e. The second kappa shape index (κ2) is 3.47. The quantitative estimate of drug-likeness (QED) is 0.697. The van der Waals surface area contributed by atoms with Gasteiger partial charge in [0, 0.05) is 12.3 Å². The molecule has 1 aromatic heterocycles. The van der Waals surface area contributed by atoms with E-state index in [2.05, 4.69) is 15.5 Å². The van der Waals surface area contributed by atoms with Gasteiger partial charge in [0.15, 0.2) is 5.82 Å². The van der Waals surface area contributed by atoms with E-state index in [1.54, 1.807) is 33.0 Å². The molecule has 13 heavy (non-hydrogen) atoms. The maximum Gasteiger partial charge on any atom is 0.413 e. The molecule has 0 saturated carbocycles. The van der Waals surface area contributed by atoms with Crippen molar-refractivity contribution < 1.29 is 9.53 Å². The Kier molecular flexibility index (Phi) is 2.55. The zero-order chi connectivity index (χ0) is 9.90. The third-order valence-electron chi connectivity index (χ3n) is 1.13. The van der Waals surface area contributed by atoms with Crippen LogP contribution in [0.25, 0.3) is 0 Å². The number of aromatic amines is 1. The highest BCUT2D eigenvalue weighted by Crippen LogP contribution is 2.08. The third-order valence-corrected chi connectivity index (χ3v) is 1.13. The molecule has 2 N–H and O–H groups in total. The highest BCUT2D eigenvalue weighted by molar-refractivity contribution is 5.83. The Balaban J connectivity index is 2.43. The maximum absolute atomic E-state index is 11.1. The molecule has 0 bridgehead atoms. The zero-order valence-corrected chi connectivity index (χ0v) is 7.92. The Hall–Kier alpha value is -1.52. The number of amides is 1. The van der Waals surface area contributed by atoms with Crippen LogP contribution in [0.5, 0.6) is 0 Å². The topological polar surface area (TPSA) is 67.0 Å². The van der Waals surface area contributed by atoms with E-state index in [0.717, 1.165) is 0 Å². The van der Waals surface area contributed by atoms with Gasteiger partial charge >= 0.3 is 6.09 Å². The van der Waals surface area contributed by atoms with Crippen molar-refractivity contribution in [3.8, 4) is 0 Å². The monoisotopic (exact) mass is 183 g/mol. The van der Waals surface area contributed by atoms with Crippen LogP contribution in [-0.2, 0) is 4.74 Å². The summed E-state index contributed by atoms with van der Waals surface area (Å²) >= 11 is 0. The molecule has 5 heteroatoms. The molecule has 0 fully saturated rings. The Morgan fingerprint density at radius 3 is 2.77 bits per heavy atom. The summed E-state index contributed by atoms with van der Waals surface area (Å²) in [4.78, 5) is 11.1. The molecule has 1 amide bonds. The van der Waals surface area contributed by atoms with Crippen LogP contribution in [0.3, 0.4) is 0 Å². The van der Waals surface area contributed by atoms with Crippen LogP contribution in [0.1, 0.15) is 20.8 Å². The third kappa shape index (κ3) is 3.59. The van der Waals surface area contributed by atoms with Crippen molar-refractivity contribution in [2.24, 2.45) is 0 Å². The summed E-state index contributed by atoms with van der Waals surface area (Å²) in [5, 5.41) is 8.80. The average molecular weight is 183 g/mol. The number of hydrogen-bond acceptors (Lipinski definition) is 3. The Morgan fingerprint density at radius 1 is 1.62 bits per heavy atom. The summed E-state index contributed by atoms with van der Waals surface area (Å²) in [5.74, 6) is 0.453. The molecule has 0 atom stereocenters. The highest BCUT2D eigenvalue weighted by atomic mass is 16.6. The summed E-state index contributed by atoms with van der Waals surface area (Å²) in [5.41, 5.74) is -0.486. The Labute approximate surface area is 76.5 Å². The Bertz CT molecular complexity index is 274. The van der Waals surface area contributed by atoms with Gasteiger partial charge in [0.1, 0.15) is 5.60 Å². The molecule has 0 radical (unpaired) electrons. The molecule has 1 heterocycles. The van der Waals surface area contributed by atoms with E-state index in [1.807, 2.05) is 0 Å². The van der Waals surface area contributed by atoms with Crippen molar-refractivity contribution >= 4 is 11.9 Å². The largest absolute Gasteiger partial charge is 0.444 e. The molecule has 0 aliphatic carbocycles. The lowest BCUT2D eigenvalue weighted by Gasteiger charge is -2.18. The van der Waals surface area contributed by atoms with Crippen molar-refractivity contribution in [1.29, 1.82) is 0 Å². The normalized spacial score (nSPS) is 11.0. The van der Waals surface area contributed by atoms with E-state index in [4.69, 9.17) is 4.74 Å². The van der Waals surface area contributed by atoms with Crippen molar-refractivity contribution in [3.63, 3.8) is 0 Å². The number of nitrogens with one attached hydrogen (secondary N) is 2. The number of H-pyrrole nitrogens is 1. The van der Waals surface area contributed by atoms with Gasteiger partial charge in [0.05, 0.1) is 0 Å². The minimum Gasteiger partial charge on any atom is -0.444 e. The predicted octanol–water partition coefficient (Wildman–Crippen LogP) is 1.76. The molecule has 0 unspecified atom stereocenters. The molecule has 0 aromatic carbocycles. The average Bonchev–Trinajstić information content (AvgIpc) is 2.34. The van der Waals surface area contributed by atoms with E-state index < -0.39 is 11.7 Å². The number of carbonyl (C=O) groups is 1. The first-order chi connectivity index (χ1) is 5.97. The van der Waals surface area contributed by atoms with Gasteiger partial charge in [-0.05, 0) is 20.8 Å². The predicted molar refractivity (Wildman–Crippen MR) is 48.4 cm³/mol. The minimum absolute atomic E-state index is 0.453. The molecule has 0 aliphatic heterocycles. The first-order valence-corrected chi connectivity index (χ1v) is 3.97. The fourth-order valence-corrected chi connectivity index (χ4v) is 0.738. The van der Waals surface area contributed by atoms with Crippen LogP contribution >= 0.6 is 0 Å². The summed E-state index contributed by atoms with van der Waals surface area (Å²) in [6.07, 6.45) is 1.12. The number of carbonyl (C=O) groups excluding carboxylic acids is 1. The summed E-state index contributed by atoms with van der Waals surface area (Å²) in [7, 11) is 0. The lowest BCUT2D eigenvalue weighted by atomic mass is 10.2. The van der Waals surface area contributed by atoms with Crippen LogP contribution in [0, 0.1) is 0 Å². The minimum atomic E-state index is -0.500. The summed E-state index contributed by atoms with van der Waals surface area (Å²) in [6.45, 7) is 5.41. The van der Waals surface area contributed by atoms with Crippen LogP contribution in [0.15, 0.2) is 12.3 Å². The van der Waals surface area contributed by atoms with Crippen molar-refractivity contribution in [2.45, 2.75) is 26.4 Å². The molecule has 0 aliphatic rings. The van der Waals surface area contributed by atoms with E-state index in [0.29, 0.717) is 5.82 Å². The van der Waals surface area contributed by atoms with Crippen molar-refractivity contribution in [2.75, 3.05) is 5.32 Å². The second-order valence-corrected chi connectivity index (χ2v) is 3.59. The fourth-order valence-electron chi connectivity index (χ4n) is 0.738. The first kappa shape index (κ1) is 9.57. The lowest BCUT2D eigenvalue weighted by Crippen LogP contribution is -2.27. The van der Waals surface area contributed by atoms with Gasteiger partial charge in [-0.3, -0.25) is 10.4 Å². The number of aromatic nitrogens is 2. The van der Waals surface area contributed by atoms with Crippen LogP contribution < -0.4 is 5.32 Å². The van der Waals surface area contributed by atoms with E-state index in [1.165, 1.54) is 0 Å². The van der Waals surface area contributed by atoms with Gasteiger partial charge in [-0.1, -0.05) is 0 Å². The molecular weight excluding hydrogens is 170 g/mol. The number of nitrogens with zero attached hydrogens (tertiary/aromatic N) is 1. The molecule has 1 aromatic rings. The SMILES string of the molecule is CC(C)(C)OC(=O)Nc1cc[nH]n1. The van der Waals surface area contributed by atoms with E-state index in [-0.39, 0.29) is 0 Å². The number of hydrogen-bond donors (Lipinski definition) is 2. The Morgan fingerprint density at radius 2 is 2.31 bits per heavy atom. The molecule has 0 saturated heterocycles. The van der Waals surface area contributed by atoms with E-state index in [9.17, 15) is 4.79 Å². The molecule has 0 spiro atoms. The van der Waals surface area contributed by atoms with E-state index >= 15 is 0 Å². The molecule has 72 valence electrons. The van der Waals surface area contributed by atoms with Crippen molar-refractivity contribution in [1.82, 2.24) is 10.2 Å². The zero-order valence-electron chi connectivity index (χ0n) is 7.92. The standard InChI is InChI=1S/C8H13N3O2/c1-8(2,3)13-7(12)10-6-4-5-9-11-6/h4-5H,1-3H3,(H2,9,10,11,12). The number of rotatable bonds is 1. The van der Waals surface area contributed by atoms with Crippen LogP contribution in [-0.4, -0.2) is 21.9 Å². The van der Waals surface area contributed by atoms with Gasteiger partial charge in [0.25, 0.3) is 0 Å². The van der Waals surface area contributed by atoms with Gasteiger partial charge in [0.2, 0.25) is 0 Å². The van der Waals surface area contributed by atoms with Gasteiger partial charge in [-0.2, -0.15) is 5.10 Å². The van der Waals surface area contributed by atoms with Crippen LogP contribution in [0.2, 0.25) is 0 Å². The molecule has 1 rings (SSSR count). The lowest BCUT2D eigenvalue weighted by molar-refractivity contribution is 0.0635.